The van der Waals surface area contributed by atoms with Gasteiger partial charge in [-0.3, -0.25) is 9.59 Å². The molecule has 34 heavy (non-hydrogen) atoms. The Labute approximate surface area is 199 Å². The van der Waals surface area contributed by atoms with Gasteiger partial charge in [-0.05, 0) is 36.5 Å². The Bertz CT molecular complexity index is 950. The summed E-state index contributed by atoms with van der Waals surface area (Å²) in [6.45, 7) is 0.860. The van der Waals surface area contributed by atoms with E-state index in [-0.39, 0.29) is 24.2 Å². The molecule has 1 heterocycles. The van der Waals surface area contributed by atoms with Crippen molar-refractivity contribution in [1.29, 1.82) is 0 Å². The molecule has 9 heteroatoms. The fourth-order valence-corrected chi connectivity index (χ4v) is 4.08. The molecule has 1 atom stereocenters. The molecular formula is C25H33N3O6. The molecule has 2 aromatic rings. The van der Waals surface area contributed by atoms with Crippen LogP contribution in [0, 0.1) is 5.92 Å². The lowest BCUT2D eigenvalue weighted by molar-refractivity contribution is -0.124. The van der Waals surface area contributed by atoms with Crippen LogP contribution in [0.2, 0.25) is 0 Å². The summed E-state index contributed by atoms with van der Waals surface area (Å²) in [5, 5.41) is 8.20. The highest BCUT2D eigenvalue weighted by Crippen LogP contribution is 2.27. The van der Waals surface area contributed by atoms with Crippen LogP contribution in [0.15, 0.2) is 40.8 Å². The van der Waals surface area contributed by atoms with Gasteiger partial charge in [0.2, 0.25) is 5.91 Å². The van der Waals surface area contributed by atoms with Crippen LogP contribution in [0.3, 0.4) is 0 Å². The zero-order valence-electron chi connectivity index (χ0n) is 19.7. The van der Waals surface area contributed by atoms with Crippen molar-refractivity contribution in [3.63, 3.8) is 0 Å². The Morgan fingerprint density at radius 2 is 1.76 bits per heavy atom. The second-order valence-corrected chi connectivity index (χ2v) is 8.31. The molecule has 1 aromatic carbocycles. The predicted octanol–water partition coefficient (Wildman–Crippen LogP) is 3.24. The number of benzene rings is 1. The van der Waals surface area contributed by atoms with Gasteiger partial charge in [0.1, 0.15) is 18.4 Å². The first-order chi connectivity index (χ1) is 16.5. The number of carbonyl (C=O) groups is 3. The van der Waals surface area contributed by atoms with Crippen LogP contribution in [0.1, 0.15) is 48.2 Å². The predicted molar refractivity (Wildman–Crippen MR) is 126 cm³/mol. The Balaban J connectivity index is 1.57. The molecule has 1 aliphatic rings. The molecular weight excluding hydrogens is 438 g/mol. The number of likely N-dealkylation sites (N-methyl/N-ethyl adjacent to an activating group) is 1. The summed E-state index contributed by atoms with van der Waals surface area (Å²) in [6.07, 6.45) is 4.64. The van der Waals surface area contributed by atoms with Crippen molar-refractivity contribution >= 4 is 17.9 Å². The SMILES string of the molecule is CNC(=O)C(NC(=O)c1ccc(-c2ccc(CNC(=O)OCCOC)cc2)o1)C1CCCCC1. The molecule has 1 saturated carbocycles. The van der Waals surface area contributed by atoms with Gasteiger partial charge in [-0.15, -0.1) is 0 Å². The molecule has 1 fully saturated rings. The summed E-state index contributed by atoms with van der Waals surface area (Å²) >= 11 is 0. The highest BCUT2D eigenvalue weighted by molar-refractivity contribution is 5.96. The fourth-order valence-electron chi connectivity index (χ4n) is 4.08. The molecule has 184 valence electrons. The van der Waals surface area contributed by atoms with Gasteiger partial charge in [0.05, 0.1) is 6.61 Å². The monoisotopic (exact) mass is 471 g/mol. The first-order valence-electron chi connectivity index (χ1n) is 11.6. The van der Waals surface area contributed by atoms with Crippen LogP contribution in [0.5, 0.6) is 0 Å². The number of alkyl carbamates (subject to hydrolysis) is 1. The second-order valence-electron chi connectivity index (χ2n) is 8.31. The number of furan rings is 1. The summed E-state index contributed by atoms with van der Waals surface area (Å²) in [4.78, 5) is 36.8. The van der Waals surface area contributed by atoms with Crippen LogP contribution < -0.4 is 16.0 Å². The van der Waals surface area contributed by atoms with E-state index in [0.717, 1.165) is 36.8 Å². The van der Waals surface area contributed by atoms with E-state index in [0.29, 0.717) is 18.9 Å². The van der Waals surface area contributed by atoms with Crippen molar-refractivity contribution < 1.29 is 28.3 Å². The first-order valence-corrected chi connectivity index (χ1v) is 11.6. The Kier molecular flexibility index (Phi) is 9.51. The van der Waals surface area contributed by atoms with Crippen molar-refractivity contribution in [2.45, 2.75) is 44.7 Å². The summed E-state index contributed by atoms with van der Waals surface area (Å²) in [5.74, 6) is 0.240. The lowest BCUT2D eigenvalue weighted by atomic mass is 9.83. The summed E-state index contributed by atoms with van der Waals surface area (Å²) in [7, 11) is 3.12. The zero-order valence-corrected chi connectivity index (χ0v) is 19.7. The van der Waals surface area contributed by atoms with Crippen molar-refractivity contribution in [3.8, 4) is 11.3 Å². The van der Waals surface area contributed by atoms with Gasteiger partial charge in [0.15, 0.2) is 5.76 Å². The smallest absolute Gasteiger partial charge is 0.407 e. The minimum Gasteiger partial charge on any atom is -0.451 e. The van der Waals surface area contributed by atoms with Crippen LogP contribution >= 0.6 is 0 Å². The molecule has 1 aromatic heterocycles. The molecule has 1 aliphatic carbocycles. The van der Waals surface area contributed by atoms with E-state index in [1.54, 1.807) is 19.2 Å². The average molecular weight is 472 g/mol. The van der Waals surface area contributed by atoms with E-state index in [1.807, 2.05) is 24.3 Å². The number of nitrogens with one attached hydrogen (secondary N) is 3. The van der Waals surface area contributed by atoms with Gasteiger partial charge in [0.25, 0.3) is 5.91 Å². The molecule has 3 N–H and O–H groups in total. The van der Waals surface area contributed by atoms with E-state index >= 15 is 0 Å². The number of carbonyl (C=O) groups excluding carboxylic acids is 3. The van der Waals surface area contributed by atoms with Gasteiger partial charge >= 0.3 is 6.09 Å². The van der Waals surface area contributed by atoms with E-state index in [4.69, 9.17) is 13.9 Å². The lowest BCUT2D eigenvalue weighted by Crippen LogP contribution is -2.50. The maximum atomic E-state index is 12.8. The Morgan fingerprint density at radius 3 is 2.44 bits per heavy atom. The van der Waals surface area contributed by atoms with Crippen LogP contribution in [-0.4, -0.2) is 51.3 Å². The minimum atomic E-state index is -0.570. The standard InChI is InChI=1S/C25H33N3O6/c1-26-24(30)22(19-6-4-3-5-7-19)28-23(29)21-13-12-20(34-21)18-10-8-17(9-11-18)16-27-25(31)33-15-14-32-2/h8-13,19,22H,3-7,14-16H2,1-2H3,(H,26,30)(H,27,31)(H,28,29). The molecule has 0 bridgehead atoms. The Hall–Kier alpha value is -3.33. The number of hydrogen-bond acceptors (Lipinski definition) is 6. The van der Waals surface area contributed by atoms with Gasteiger partial charge in [-0.25, -0.2) is 4.79 Å². The molecule has 0 aliphatic heterocycles. The molecule has 0 spiro atoms. The topological polar surface area (TPSA) is 119 Å². The third-order valence-electron chi connectivity index (χ3n) is 5.96. The maximum absolute atomic E-state index is 12.8. The quantitative estimate of drug-likeness (QED) is 0.458. The van der Waals surface area contributed by atoms with Gasteiger partial charge < -0.3 is 29.8 Å². The summed E-state index contributed by atoms with van der Waals surface area (Å²) in [5.41, 5.74) is 1.68. The number of rotatable bonds is 10. The maximum Gasteiger partial charge on any atom is 0.407 e. The molecule has 3 amide bonds. The molecule has 3 rings (SSSR count). The number of amides is 3. The summed E-state index contributed by atoms with van der Waals surface area (Å²) < 4.78 is 15.6. The van der Waals surface area contributed by atoms with Crippen LogP contribution in [0.25, 0.3) is 11.3 Å². The number of ether oxygens (including phenoxy) is 2. The van der Waals surface area contributed by atoms with E-state index in [9.17, 15) is 14.4 Å². The first kappa shape index (κ1) is 25.3. The van der Waals surface area contributed by atoms with Crippen molar-refractivity contribution in [3.05, 3.63) is 47.7 Å². The van der Waals surface area contributed by atoms with Crippen molar-refractivity contribution in [1.82, 2.24) is 16.0 Å². The van der Waals surface area contributed by atoms with Crippen molar-refractivity contribution in [2.24, 2.45) is 5.92 Å². The molecule has 1 unspecified atom stereocenters. The van der Waals surface area contributed by atoms with Gasteiger partial charge in [-0.2, -0.15) is 0 Å². The highest BCUT2D eigenvalue weighted by atomic mass is 16.6. The zero-order chi connectivity index (χ0) is 24.3. The van der Waals surface area contributed by atoms with Gasteiger partial charge in [-0.1, -0.05) is 43.5 Å². The lowest BCUT2D eigenvalue weighted by Gasteiger charge is -2.29. The highest BCUT2D eigenvalue weighted by Gasteiger charge is 2.31. The minimum absolute atomic E-state index is 0.130. The second kappa shape index (κ2) is 12.8. The number of hydrogen-bond donors (Lipinski definition) is 3. The van der Waals surface area contributed by atoms with E-state index < -0.39 is 18.0 Å². The third kappa shape index (κ3) is 7.08. The van der Waals surface area contributed by atoms with E-state index in [2.05, 4.69) is 16.0 Å². The number of methoxy groups -OCH3 is 1. The normalized spacial score (nSPS) is 14.8. The van der Waals surface area contributed by atoms with E-state index in [1.165, 1.54) is 13.5 Å². The van der Waals surface area contributed by atoms with Crippen molar-refractivity contribution in [2.75, 3.05) is 27.4 Å². The van der Waals surface area contributed by atoms with Crippen LogP contribution in [-0.2, 0) is 20.8 Å². The molecule has 9 nitrogen and oxygen atoms in total. The molecule has 0 saturated heterocycles. The van der Waals surface area contributed by atoms with Crippen LogP contribution in [0.4, 0.5) is 4.79 Å². The fraction of sp³-hybridized carbons (Fsp3) is 0.480. The average Bonchev–Trinajstić information content (AvgIpc) is 3.37. The summed E-state index contributed by atoms with van der Waals surface area (Å²) in [6, 6.07) is 10.2. The largest absolute Gasteiger partial charge is 0.451 e. The third-order valence-corrected chi connectivity index (χ3v) is 5.96. The Morgan fingerprint density at radius 1 is 1.03 bits per heavy atom. The van der Waals surface area contributed by atoms with Gasteiger partial charge in [0, 0.05) is 26.3 Å². The molecule has 0 radical (unpaired) electrons.